The van der Waals surface area contributed by atoms with Crippen LogP contribution in [0.4, 0.5) is 5.69 Å². The molecule has 4 aliphatic rings. The first-order valence-electron chi connectivity index (χ1n) is 12.9. The molecule has 0 radical (unpaired) electrons. The van der Waals surface area contributed by atoms with Gasteiger partial charge in [-0.3, -0.25) is 15.1 Å². The highest BCUT2D eigenvalue weighted by molar-refractivity contribution is 5.84. The normalized spacial score (nSPS) is 42.5. The third-order valence-electron chi connectivity index (χ3n) is 10.7. The Balaban J connectivity index is 1.34. The number of aromatic hydroxyl groups is 1. The molecule has 5 rings (SSSR count). The highest BCUT2D eigenvalue weighted by Crippen LogP contribution is 2.68. The summed E-state index contributed by atoms with van der Waals surface area (Å²) in [5, 5.41) is 33.0. The molecule has 0 unspecified atom stereocenters. The highest BCUT2D eigenvalue weighted by Gasteiger charge is 2.64. The second-order valence-corrected chi connectivity index (χ2v) is 11.9. The molecule has 0 saturated heterocycles. The number of hydrogen-bond donors (Lipinski definition) is 2. The molecule has 1 aromatic carbocycles. The van der Waals surface area contributed by atoms with Gasteiger partial charge in [0.1, 0.15) is 5.75 Å². The van der Waals surface area contributed by atoms with Crippen molar-refractivity contribution in [1.82, 2.24) is 0 Å². The van der Waals surface area contributed by atoms with Gasteiger partial charge in [-0.15, -0.1) is 0 Å². The lowest BCUT2D eigenvalue weighted by atomic mass is 9.44. The van der Waals surface area contributed by atoms with E-state index in [9.17, 15) is 20.3 Å². The zero-order valence-corrected chi connectivity index (χ0v) is 20.0. The lowest BCUT2D eigenvalue weighted by molar-refractivity contribution is -0.384. The van der Waals surface area contributed by atoms with Gasteiger partial charge in [-0.25, -0.2) is 0 Å². The minimum Gasteiger partial charge on any atom is -0.507 e. The van der Waals surface area contributed by atoms with Crippen LogP contribution in [0.2, 0.25) is 0 Å². The van der Waals surface area contributed by atoms with E-state index in [2.05, 4.69) is 18.8 Å². The molecule has 0 aliphatic heterocycles. The maximum Gasteiger partial charge on any atom is 0.270 e. The van der Waals surface area contributed by atoms with Crippen molar-refractivity contribution >= 4 is 11.9 Å². The van der Waals surface area contributed by atoms with Crippen LogP contribution in [0.15, 0.2) is 23.2 Å². The number of phenols is 1. The van der Waals surface area contributed by atoms with Gasteiger partial charge in [0.2, 0.25) is 0 Å². The number of aliphatic hydroxyl groups is 1. The molecular weight excluding hydrogens is 416 g/mol. The summed E-state index contributed by atoms with van der Waals surface area (Å²) in [6.45, 7) is 5.14. The molecule has 0 amide bonds. The lowest BCUT2D eigenvalue weighted by Gasteiger charge is -2.61. The molecule has 7 atom stereocenters. The van der Waals surface area contributed by atoms with Crippen LogP contribution in [0.3, 0.4) is 0 Å². The number of nitrogens with zero attached hydrogens (tertiary/aromatic N) is 2. The van der Waals surface area contributed by atoms with E-state index in [-0.39, 0.29) is 23.4 Å². The van der Waals surface area contributed by atoms with Crippen LogP contribution in [0.1, 0.15) is 83.6 Å². The molecule has 6 nitrogen and oxygen atoms in total. The van der Waals surface area contributed by atoms with Gasteiger partial charge in [0.05, 0.1) is 17.1 Å². The zero-order chi connectivity index (χ0) is 23.4. The predicted octanol–water partition coefficient (Wildman–Crippen LogP) is 5.88. The van der Waals surface area contributed by atoms with Gasteiger partial charge in [0.25, 0.3) is 5.69 Å². The fourth-order valence-electron chi connectivity index (χ4n) is 8.72. The standard InChI is InChI=1S/C27H38N2O4/c1-25-12-4-3-5-19(25)6-8-21-22(25)10-13-26(2)23(21)11-14-27(26,31)17-28-16-18-15-20(29(32)33)7-9-24(18)30/h7,9,15-16,19,21-23,30-31H,3-6,8,10-14,17H2,1-2H3/t19-,21-,22-,23-,25-,26+,27-/m1/s1. The van der Waals surface area contributed by atoms with E-state index >= 15 is 0 Å². The number of hydrogen-bond acceptors (Lipinski definition) is 5. The first-order chi connectivity index (χ1) is 15.7. The number of aliphatic imine (C=N–C) groups is 1. The molecule has 4 aliphatic carbocycles. The van der Waals surface area contributed by atoms with E-state index in [4.69, 9.17) is 0 Å². The van der Waals surface area contributed by atoms with E-state index in [1.165, 1.54) is 69.4 Å². The topological polar surface area (TPSA) is 96.0 Å². The Morgan fingerprint density at radius 3 is 2.67 bits per heavy atom. The number of non-ortho nitro benzene ring substituents is 1. The summed E-state index contributed by atoms with van der Waals surface area (Å²) in [6.07, 6.45) is 13.8. The highest BCUT2D eigenvalue weighted by atomic mass is 16.6. The molecule has 180 valence electrons. The van der Waals surface area contributed by atoms with Gasteiger partial charge in [0, 0.05) is 29.3 Å². The Morgan fingerprint density at radius 1 is 1.09 bits per heavy atom. The van der Waals surface area contributed by atoms with Gasteiger partial charge in [-0.2, -0.15) is 0 Å². The van der Waals surface area contributed by atoms with Crippen molar-refractivity contribution in [2.75, 3.05) is 6.54 Å². The molecule has 33 heavy (non-hydrogen) atoms. The monoisotopic (exact) mass is 454 g/mol. The van der Waals surface area contributed by atoms with Crippen molar-refractivity contribution in [2.24, 2.45) is 39.5 Å². The van der Waals surface area contributed by atoms with Crippen molar-refractivity contribution in [3.63, 3.8) is 0 Å². The number of benzene rings is 1. The quantitative estimate of drug-likeness (QED) is 0.337. The first kappa shape index (κ1) is 22.8. The summed E-state index contributed by atoms with van der Waals surface area (Å²) < 4.78 is 0. The zero-order valence-electron chi connectivity index (χ0n) is 20.0. The van der Waals surface area contributed by atoms with Crippen molar-refractivity contribution in [2.45, 2.75) is 83.7 Å². The van der Waals surface area contributed by atoms with Gasteiger partial charge in [-0.1, -0.05) is 26.7 Å². The average Bonchev–Trinajstić information content (AvgIpc) is 3.05. The molecule has 0 heterocycles. The number of nitro benzene ring substituents is 1. The van der Waals surface area contributed by atoms with Crippen LogP contribution in [0, 0.1) is 44.6 Å². The van der Waals surface area contributed by atoms with Gasteiger partial charge in [0.15, 0.2) is 0 Å². The van der Waals surface area contributed by atoms with Crippen LogP contribution in [-0.4, -0.2) is 33.5 Å². The second kappa shape index (κ2) is 8.07. The maximum atomic E-state index is 11.8. The Morgan fingerprint density at radius 2 is 1.88 bits per heavy atom. The third kappa shape index (κ3) is 3.51. The van der Waals surface area contributed by atoms with Crippen LogP contribution < -0.4 is 0 Å². The van der Waals surface area contributed by atoms with Gasteiger partial charge in [-0.05, 0) is 86.5 Å². The second-order valence-electron chi connectivity index (χ2n) is 11.9. The summed E-state index contributed by atoms with van der Waals surface area (Å²) in [7, 11) is 0. The summed E-state index contributed by atoms with van der Waals surface area (Å²) in [4.78, 5) is 15.1. The van der Waals surface area contributed by atoms with Crippen molar-refractivity contribution in [3.8, 4) is 5.75 Å². The number of fused-ring (bicyclic) bond motifs is 5. The number of phenolic OH excluding ortho intramolecular Hbond substituents is 1. The molecule has 4 fully saturated rings. The molecule has 0 bridgehead atoms. The van der Waals surface area contributed by atoms with Gasteiger partial charge >= 0.3 is 0 Å². The largest absolute Gasteiger partial charge is 0.507 e. The Bertz CT molecular complexity index is 963. The molecule has 6 heteroatoms. The Hall–Kier alpha value is -1.95. The smallest absolute Gasteiger partial charge is 0.270 e. The lowest BCUT2D eigenvalue weighted by Crippen LogP contribution is -2.56. The van der Waals surface area contributed by atoms with Crippen molar-refractivity contribution < 1.29 is 15.1 Å². The fraction of sp³-hybridized carbons (Fsp3) is 0.741. The number of rotatable bonds is 4. The van der Waals surface area contributed by atoms with E-state index in [0.29, 0.717) is 22.8 Å². The SMILES string of the molecule is C[C@@]12CCCC[C@@H]1CC[C@@H]1[C@H]2CC[C@@]2(C)[C@@H]1CC[C@@]2(O)CN=Cc1cc([N+](=O)[O-])ccc1O. The minimum atomic E-state index is -0.861. The summed E-state index contributed by atoms with van der Waals surface area (Å²) in [5.74, 6) is 2.90. The maximum absolute atomic E-state index is 11.8. The van der Waals surface area contributed by atoms with E-state index in [1.807, 2.05) is 0 Å². The number of nitro groups is 1. The van der Waals surface area contributed by atoms with Crippen molar-refractivity contribution in [1.29, 1.82) is 0 Å². The van der Waals surface area contributed by atoms with E-state index in [1.54, 1.807) is 0 Å². The fourth-order valence-corrected chi connectivity index (χ4v) is 8.72. The molecule has 1 aromatic rings. The predicted molar refractivity (Wildman–Crippen MR) is 129 cm³/mol. The molecule has 0 spiro atoms. The molecule has 4 saturated carbocycles. The molecule has 0 aromatic heterocycles. The van der Waals surface area contributed by atoms with Gasteiger partial charge < -0.3 is 10.2 Å². The van der Waals surface area contributed by atoms with E-state index < -0.39 is 10.5 Å². The summed E-state index contributed by atoms with van der Waals surface area (Å²) in [5.41, 5.74) is -0.278. The van der Waals surface area contributed by atoms with E-state index in [0.717, 1.165) is 31.1 Å². The van der Waals surface area contributed by atoms with Crippen LogP contribution in [-0.2, 0) is 0 Å². The average molecular weight is 455 g/mol. The third-order valence-corrected chi connectivity index (χ3v) is 10.7. The molecule has 2 N–H and O–H groups in total. The van der Waals surface area contributed by atoms with Crippen LogP contribution in [0.25, 0.3) is 0 Å². The van der Waals surface area contributed by atoms with Crippen LogP contribution in [0.5, 0.6) is 5.75 Å². The minimum absolute atomic E-state index is 0.0372. The Labute approximate surface area is 196 Å². The molecular formula is C27H38N2O4. The summed E-state index contributed by atoms with van der Waals surface area (Å²) in [6, 6.07) is 3.93. The summed E-state index contributed by atoms with van der Waals surface area (Å²) >= 11 is 0. The Kier molecular flexibility index (Phi) is 5.58. The first-order valence-corrected chi connectivity index (χ1v) is 12.9. The van der Waals surface area contributed by atoms with Crippen molar-refractivity contribution in [3.05, 3.63) is 33.9 Å². The van der Waals surface area contributed by atoms with Crippen LogP contribution >= 0.6 is 0 Å².